The monoisotopic (exact) mass is 429 g/mol. The molecule has 7 heteroatoms. The van der Waals surface area contributed by atoms with E-state index < -0.39 is 0 Å². The van der Waals surface area contributed by atoms with Gasteiger partial charge in [0, 0.05) is 73.2 Å². The SMILES string of the molecule is Cc1cc(C)nc(N2CCCC(c3nc(N4CCCCC4)ncc3-c3cccnc3)C2)n1. The van der Waals surface area contributed by atoms with E-state index in [1.54, 1.807) is 0 Å². The van der Waals surface area contributed by atoms with Crippen LogP contribution in [0.2, 0.25) is 0 Å². The second kappa shape index (κ2) is 9.18. The molecule has 0 saturated carbocycles. The van der Waals surface area contributed by atoms with Crippen molar-refractivity contribution in [3.63, 3.8) is 0 Å². The van der Waals surface area contributed by atoms with Crippen LogP contribution in [0.25, 0.3) is 11.1 Å². The van der Waals surface area contributed by atoms with E-state index >= 15 is 0 Å². The molecule has 0 bridgehead atoms. The Hall–Kier alpha value is -3.09. The van der Waals surface area contributed by atoms with E-state index in [1.165, 1.54) is 19.3 Å². The molecule has 0 N–H and O–H groups in total. The van der Waals surface area contributed by atoms with Gasteiger partial charge in [-0.2, -0.15) is 0 Å². The van der Waals surface area contributed by atoms with E-state index in [1.807, 2.05) is 44.6 Å². The number of hydrogen-bond donors (Lipinski definition) is 0. The van der Waals surface area contributed by atoms with Crippen molar-refractivity contribution in [3.05, 3.63) is 53.9 Å². The lowest BCUT2D eigenvalue weighted by molar-refractivity contribution is 0.493. The largest absolute Gasteiger partial charge is 0.341 e. The van der Waals surface area contributed by atoms with Crippen LogP contribution in [0.5, 0.6) is 0 Å². The first-order valence-corrected chi connectivity index (χ1v) is 11.8. The standard InChI is InChI=1S/C25H31N7/c1-18-14-19(2)29-25(28-18)32-13-7-9-21(17-32)23-22(20-8-6-10-26-15-20)16-27-24(30-23)31-11-4-3-5-12-31/h6,8,10,14-16,21H,3-5,7,9,11-13,17H2,1-2H3. The minimum Gasteiger partial charge on any atom is -0.341 e. The Kier molecular flexibility index (Phi) is 5.97. The highest BCUT2D eigenvalue weighted by Gasteiger charge is 2.28. The quantitative estimate of drug-likeness (QED) is 0.612. The first-order chi connectivity index (χ1) is 15.7. The summed E-state index contributed by atoms with van der Waals surface area (Å²) < 4.78 is 0. The highest BCUT2D eigenvalue weighted by Crippen LogP contribution is 2.35. The molecule has 0 spiro atoms. The van der Waals surface area contributed by atoms with Gasteiger partial charge in [0.1, 0.15) is 0 Å². The maximum Gasteiger partial charge on any atom is 0.225 e. The van der Waals surface area contributed by atoms with Crippen molar-refractivity contribution in [1.29, 1.82) is 0 Å². The Bertz CT molecular complexity index is 1040. The number of aryl methyl sites for hydroxylation is 2. The third kappa shape index (κ3) is 4.42. The molecule has 1 unspecified atom stereocenters. The number of hydrogen-bond acceptors (Lipinski definition) is 7. The molecule has 0 radical (unpaired) electrons. The molecule has 3 aromatic heterocycles. The molecule has 2 aliphatic rings. The highest BCUT2D eigenvalue weighted by atomic mass is 15.3. The number of anilines is 2. The van der Waals surface area contributed by atoms with E-state index in [-0.39, 0.29) is 0 Å². The van der Waals surface area contributed by atoms with Crippen LogP contribution in [0.1, 0.15) is 55.1 Å². The molecule has 0 aliphatic carbocycles. The van der Waals surface area contributed by atoms with E-state index in [4.69, 9.17) is 19.9 Å². The Balaban J connectivity index is 1.50. The minimum absolute atomic E-state index is 0.301. The van der Waals surface area contributed by atoms with Gasteiger partial charge in [-0.1, -0.05) is 6.07 Å². The molecule has 32 heavy (non-hydrogen) atoms. The van der Waals surface area contributed by atoms with Crippen molar-refractivity contribution in [1.82, 2.24) is 24.9 Å². The topological polar surface area (TPSA) is 70.9 Å². The molecule has 2 aliphatic heterocycles. The molecule has 0 amide bonds. The fraction of sp³-hybridized carbons (Fsp3) is 0.480. The summed E-state index contributed by atoms with van der Waals surface area (Å²) >= 11 is 0. The fourth-order valence-corrected chi connectivity index (χ4v) is 4.92. The van der Waals surface area contributed by atoms with Gasteiger partial charge in [0.05, 0.1) is 5.69 Å². The van der Waals surface area contributed by atoms with E-state index in [0.717, 1.165) is 79.1 Å². The van der Waals surface area contributed by atoms with Crippen LogP contribution >= 0.6 is 0 Å². The van der Waals surface area contributed by atoms with Crippen LogP contribution in [0.3, 0.4) is 0 Å². The third-order valence-electron chi connectivity index (χ3n) is 6.48. The molecule has 3 aromatic rings. The average Bonchev–Trinajstić information content (AvgIpc) is 2.84. The zero-order chi connectivity index (χ0) is 21.9. The lowest BCUT2D eigenvalue weighted by Crippen LogP contribution is -2.37. The number of pyridine rings is 1. The summed E-state index contributed by atoms with van der Waals surface area (Å²) in [5.41, 5.74) is 5.32. The Morgan fingerprint density at radius 1 is 0.844 bits per heavy atom. The van der Waals surface area contributed by atoms with Crippen LogP contribution in [0, 0.1) is 13.8 Å². The maximum absolute atomic E-state index is 5.18. The van der Waals surface area contributed by atoms with Crippen molar-refractivity contribution < 1.29 is 0 Å². The minimum atomic E-state index is 0.301. The number of aromatic nitrogens is 5. The molecular formula is C25H31N7. The lowest BCUT2D eigenvalue weighted by atomic mass is 9.90. The van der Waals surface area contributed by atoms with Gasteiger partial charge in [-0.15, -0.1) is 0 Å². The van der Waals surface area contributed by atoms with Crippen molar-refractivity contribution >= 4 is 11.9 Å². The average molecular weight is 430 g/mol. The molecular weight excluding hydrogens is 398 g/mol. The summed E-state index contributed by atoms with van der Waals surface area (Å²) in [5.74, 6) is 2.00. The summed E-state index contributed by atoms with van der Waals surface area (Å²) in [6, 6.07) is 6.11. The van der Waals surface area contributed by atoms with E-state index in [0.29, 0.717) is 5.92 Å². The summed E-state index contributed by atoms with van der Waals surface area (Å²) in [6.07, 6.45) is 11.7. The van der Waals surface area contributed by atoms with Gasteiger partial charge in [-0.3, -0.25) is 4.98 Å². The zero-order valence-electron chi connectivity index (χ0n) is 19.0. The summed E-state index contributed by atoms with van der Waals surface area (Å²) in [6.45, 7) is 8.00. The Morgan fingerprint density at radius 3 is 2.38 bits per heavy atom. The van der Waals surface area contributed by atoms with Crippen molar-refractivity contribution in [2.45, 2.75) is 51.9 Å². The number of piperidine rings is 2. The number of nitrogens with zero attached hydrogens (tertiary/aromatic N) is 7. The molecule has 166 valence electrons. The van der Waals surface area contributed by atoms with Gasteiger partial charge in [0.25, 0.3) is 0 Å². The highest BCUT2D eigenvalue weighted by molar-refractivity contribution is 5.66. The predicted molar refractivity (Wildman–Crippen MR) is 127 cm³/mol. The van der Waals surface area contributed by atoms with Gasteiger partial charge in [-0.05, 0) is 58.1 Å². The van der Waals surface area contributed by atoms with Gasteiger partial charge in [0.15, 0.2) is 0 Å². The first-order valence-electron chi connectivity index (χ1n) is 11.8. The van der Waals surface area contributed by atoms with Gasteiger partial charge >= 0.3 is 0 Å². The molecule has 5 rings (SSSR count). The second-order valence-electron chi connectivity index (χ2n) is 8.99. The van der Waals surface area contributed by atoms with E-state index in [9.17, 15) is 0 Å². The smallest absolute Gasteiger partial charge is 0.225 e. The second-order valence-corrected chi connectivity index (χ2v) is 8.99. The molecule has 2 fully saturated rings. The fourth-order valence-electron chi connectivity index (χ4n) is 4.92. The molecule has 7 nitrogen and oxygen atoms in total. The Labute approximate surface area is 190 Å². The van der Waals surface area contributed by atoms with Crippen LogP contribution < -0.4 is 9.80 Å². The lowest BCUT2D eigenvalue weighted by Gasteiger charge is -2.34. The summed E-state index contributed by atoms with van der Waals surface area (Å²) in [4.78, 5) is 28.4. The predicted octanol–water partition coefficient (Wildman–Crippen LogP) is 4.32. The van der Waals surface area contributed by atoms with Gasteiger partial charge < -0.3 is 9.80 Å². The maximum atomic E-state index is 5.18. The zero-order valence-corrected chi connectivity index (χ0v) is 19.0. The Morgan fingerprint density at radius 2 is 1.62 bits per heavy atom. The molecule has 0 aromatic carbocycles. The van der Waals surface area contributed by atoms with Crippen LogP contribution in [0.4, 0.5) is 11.9 Å². The van der Waals surface area contributed by atoms with E-state index in [2.05, 4.69) is 20.9 Å². The summed E-state index contributed by atoms with van der Waals surface area (Å²) in [7, 11) is 0. The first kappa shape index (κ1) is 20.8. The molecule has 2 saturated heterocycles. The third-order valence-corrected chi connectivity index (χ3v) is 6.48. The van der Waals surface area contributed by atoms with Gasteiger partial charge in [0.2, 0.25) is 11.9 Å². The van der Waals surface area contributed by atoms with Crippen molar-refractivity contribution in [3.8, 4) is 11.1 Å². The number of rotatable bonds is 4. The molecule has 1 atom stereocenters. The normalized spacial score (nSPS) is 19.2. The van der Waals surface area contributed by atoms with Crippen molar-refractivity contribution in [2.24, 2.45) is 0 Å². The van der Waals surface area contributed by atoms with Crippen LogP contribution in [0.15, 0.2) is 36.8 Å². The van der Waals surface area contributed by atoms with Crippen LogP contribution in [-0.4, -0.2) is 51.1 Å². The van der Waals surface area contributed by atoms with Crippen molar-refractivity contribution in [2.75, 3.05) is 36.0 Å². The molecule has 5 heterocycles. The van der Waals surface area contributed by atoms with Crippen LogP contribution in [-0.2, 0) is 0 Å². The summed E-state index contributed by atoms with van der Waals surface area (Å²) in [5, 5.41) is 0. The van der Waals surface area contributed by atoms with Gasteiger partial charge in [-0.25, -0.2) is 19.9 Å².